The molecule has 0 saturated heterocycles. The van der Waals surface area contributed by atoms with E-state index in [-0.39, 0.29) is 18.1 Å². The second kappa shape index (κ2) is 8.44. The molecule has 3 rings (SSSR count). The van der Waals surface area contributed by atoms with E-state index in [0.29, 0.717) is 19.1 Å². The summed E-state index contributed by atoms with van der Waals surface area (Å²) in [6, 6.07) is 15.4. The maximum atomic E-state index is 12.6. The van der Waals surface area contributed by atoms with Crippen molar-refractivity contribution in [1.29, 1.82) is 0 Å². The van der Waals surface area contributed by atoms with Gasteiger partial charge in [0.25, 0.3) is 0 Å². The average Bonchev–Trinajstić information content (AvgIpc) is 2.67. The van der Waals surface area contributed by atoms with Crippen LogP contribution in [0, 0.1) is 0 Å². The summed E-state index contributed by atoms with van der Waals surface area (Å²) in [5, 5.41) is 2.99. The SMILES string of the molecule is CC(C)c1ccc(NC(=O)[C@H](C)N(C)C[C@H]2COc3ccccc3O2)cc1. The highest BCUT2D eigenvalue weighted by Crippen LogP contribution is 2.31. The van der Waals surface area contributed by atoms with Gasteiger partial charge in [-0.1, -0.05) is 38.1 Å². The van der Waals surface area contributed by atoms with Crippen molar-refractivity contribution in [3.63, 3.8) is 0 Å². The largest absolute Gasteiger partial charge is 0.486 e. The fourth-order valence-electron chi connectivity index (χ4n) is 3.03. The van der Waals surface area contributed by atoms with Gasteiger partial charge in [0.15, 0.2) is 11.5 Å². The van der Waals surface area contributed by atoms with Crippen LogP contribution in [0.3, 0.4) is 0 Å². The predicted octanol–water partition coefficient (Wildman–Crippen LogP) is 3.91. The number of benzene rings is 2. The lowest BCUT2D eigenvalue weighted by molar-refractivity contribution is -0.120. The molecule has 2 aromatic rings. The molecule has 0 aromatic heterocycles. The number of amides is 1. The van der Waals surface area contributed by atoms with Crippen molar-refractivity contribution in [2.24, 2.45) is 0 Å². The van der Waals surface area contributed by atoms with E-state index in [9.17, 15) is 4.79 Å². The van der Waals surface area contributed by atoms with Gasteiger partial charge in [-0.3, -0.25) is 9.69 Å². The maximum absolute atomic E-state index is 12.6. The van der Waals surface area contributed by atoms with Gasteiger partial charge in [0, 0.05) is 12.2 Å². The van der Waals surface area contributed by atoms with E-state index in [4.69, 9.17) is 9.47 Å². The molecule has 2 atom stereocenters. The van der Waals surface area contributed by atoms with Crippen LogP contribution in [-0.2, 0) is 4.79 Å². The van der Waals surface area contributed by atoms with Gasteiger partial charge in [-0.15, -0.1) is 0 Å². The minimum Gasteiger partial charge on any atom is -0.486 e. The summed E-state index contributed by atoms with van der Waals surface area (Å²) in [5.41, 5.74) is 2.07. The monoisotopic (exact) mass is 368 g/mol. The lowest BCUT2D eigenvalue weighted by Crippen LogP contribution is -2.46. The molecular weight excluding hydrogens is 340 g/mol. The Labute approximate surface area is 161 Å². The number of anilines is 1. The Hall–Kier alpha value is -2.53. The molecule has 1 N–H and O–H groups in total. The molecule has 0 aliphatic carbocycles. The van der Waals surface area contributed by atoms with Crippen molar-refractivity contribution in [2.45, 2.75) is 38.8 Å². The van der Waals surface area contributed by atoms with Gasteiger partial charge in [-0.05, 0) is 49.7 Å². The van der Waals surface area contributed by atoms with Gasteiger partial charge >= 0.3 is 0 Å². The number of hydrogen-bond donors (Lipinski definition) is 1. The van der Waals surface area contributed by atoms with Gasteiger partial charge in [0.1, 0.15) is 12.7 Å². The fourth-order valence-corrected chi connectivity index (χ4v) is 3.03. The summed E-state index contributed by atoms with van der Waals surface area (Å²) in [6.45, 7) is 7.29. The van der Waals surface area contributed by atoms with Crippen molar-refractivity contribution in [1.82, 2.24) is 4.90 Å². The summed E-state index contributed by atoms with van der Waals surface area (Å²) in [6.07, 6.45) is -0.106. The molecule has 0 fully saturated rings. The van der Waals surface area contributed by atoms with Gasteiger partial charge in [0.2, 0.25) is 5.91 Å². The van der Waals surface area contributed by atoms with Crippen LogP contribution < -0.4 is 14.8 Å². The highest BCUT2D eigenvalue weighted by atomic mass is 16.6. The molecule has 0 saturated carbocycles. The van der Waals surface area contributed by atoms with Crippen LogP contribution in [0.15, 0.2) is 48.5 Å². The van der Waals surface area contributed by atoms with E-state index in [1.165, 1.54) is 5.56 Å². The van der Waals surface area contributed by atoms with Gasteiger partial charge in [0.05, 0.1) is 6.04 Å². The molecule has 144 valence electrons. The van der Waals surface area contributed by atoms with Gasteiger partial charge < -0.3 is 14.8 Å². The van der Waals surface area contributed by atoms with Crippen LogP contribution in [0.5, 0.6) is 11.5 Å². The summed E-state index contributed by atoms with van der Waals surface area (Å²) in [7, 11) is 1.93. The van der Waals surface area contributed by atoms with E-state index < -0.39 is 0 Å². The topological polar surface area (TPSA) is 50.8 Å². The van der Waals surface area contributed by atoms with Crippen LogP contribution in [0.2, 0.25) is 0 Å². The number of hydrogen-bond acceptors (Lipinski definition) is 4. The quantitative estimate of drug-likeness (QED) is 0.840. The normalized spacial score (nSPS) is 17.0. The first-order chi connectivity index (χ1) is 12.9. The molecule has 27 heavy (non-hydrogen) atoms. The number of nitrogens with one attached hydrogen (secondary N) is 1. The lowest BCUT2D eigenvalue weighted by Gasteiger charge is -2.31. The third kappa shape index (κ3) is 4.80. The zero-order valence-corrected chi connectivity index (χ0v) is 16.4. The van der Waals surface area contributed by atoms with E-state index in [2.05, 4.69) is 31.3 Å². The van der Waals surface area contributed by atoms with Crippen molar-refractivity contribution in [2.75, 3.05) is 25.5 Å². The summed E-state index contributed by atoms with van der Waals surface area (Å²) >= 11 is 0. The number of likely N-dealkylation sites (N-methyl/N-ethyl adjacent to an activating group) is 1. The number of carbonyl (C=O) groups excluding carboxylic acids is 1. The second-order valence-corrected chi connectivity index (χ2v) is 7.38. The molecule has 1 aliphatic heterocycles. The number of rotatable bonds is 6. The minimum atomic E-state index is -0.282. The van der Waals surface area contributed by atoms with E-state index >= 15 is 0 Å². The first-order valence-corrected chi connectivity index (χ1v) is 9.43. The summed E-state index contributed by atoms with van der Waals surface area (Å²) < 4.78 is 11.7. The molecule has 1 amide bonds. The van der Waals surface area contributed by atoms with E-state index in [1.807, 2.05) is 55.3 Å². The van der Waals surface area contributed by atoms with Crippen molar-refractivity contribution < 1.29 is 14.3 Å². The molecule has 2 aromatic carbocycles. The zero-order chi connectivity index (χ0) is 19.4. The molecule has 0 bridgehead atoms. The first-order valence-electron chi connectivity index (χ1n) is 9.43. The van der Waals surface area contributed by atoms with Gasteiger partial charge in [-0.25, -0.2) is 0 Å². The van der Waals surface area contributed by atoms with Crippen LogP contribution in [0.4, 0.5) is 5.69 Å². The predicted molar refractivity (Wildman–Crippen MR) is 108 cm³/mol. The maximum Gasteiger partial charge on any atom is 0.241 e. The van der Waals surface area contributed by atoms with Crippen LogP contribution in [-0.4, -0.2) is 43.2 Å². The fraction of sp³-hybridized carbons (Fsp3) is 0.409. The van der Waals surface area contributed by atoms with Crippen LogP contribution in [0.1, 0.15) is 32.3 Å². The van der Waals surface area contributed by atoms with Crippen molar-refractivity contribution in [3.05, 3.63) is 54.1 Å². The van der Waals surface area contributed by atoms with Crippen LogP contribution in [0.25, 0.3) is 0 Å². The lowest BCUT2D eigenvalue weighted by atomic mass is 10.0. The number of ether oxygens (including phenoxy) is 2. The summed E-state index contributed by atoms with van der Waals surface area (Å²) in [4.78, 5) is 14.6. The number of nitrogens with zero attached hydrogens (tertiary/aromatic N) is 1. The number of fused-ring (bicyclic) bond motifs is 1. The number of para-hydroxylation sites is 2. The first kappa shape index (κ1) is 19.2. The standard InChI is InChI=1S/C22H28N2O3/c1-15(2)17-9-11-18(12-10-17)23-22(25)16(3)24(4)13-19-14-26-20-7-5-6-8-21(20)27-19/h5-12,15-16,19H,13-14H2,1-4H3,(H,23,25)/t16-,19-/m0/s1. The smallest absolute Gasteiger partial charge is 0.241 e. The van der Waals surface area contributed by atoms with E-state index in [1.54, 1.807) is 0 Å². The molecule has 5 heteroatoms. The van der Waals surface area contributed by atoms with Crippen molar-refractivity contribution >= 4 is 11.6 Å². The highest BCUT2D eigenvalue weighted by Gasteiger charge is 2.26. The number of carbonyl (C=O) groups is 1. The molecule has 1 heterocycles. The minimum absolute atomic E-state index is 0.0353. The molecular formula is C22H28N2O3. The Morgan fingerprint density at radius 2 is 1.78 bits per heavy atom. The van der Waals surface area contributed by atoms with Crippen LogP contribution >= 0.6 is 0 Å². The third-order valence-electron chi connectivity index (χ3n) is 4.94. The van der Waals surface area contributed by atoms with Gasteiger partial charge in [-0.2, -0.15) is 0 Å². The Bertz CT molecular complexity index is 773. The molecule has 0 spiro atoms. The Morgan fingerprint density at radius 1 is 1.11 bits per heavy atom. The molecule has 0 unspecified atom stereocenters. The third-order valence-corrected chi connectivity index (χ3v) is 4.94. The Kier molecular flexibility index (Phi) is 6.01. The Morgan fingerprint density at radius 3 is 2.44 bits per heavy atom. The molecule has 0 radical (unpaired) electrons. The van der Waals surface area contributed by atoms with E-state index in [0.717, 1.165) is 17.2 Å². The second-order valence-electron chi connectivity index (χ2n) is 7.38. The van der Waals surface area contributed by atoms with Crippen molar-refractivity contribution in [3.8, 4) is 11.5 Å². The average molecular weight is 368 g/mol. The summed E-state index contributed by atoms with van der Waals surface area (Å²) in [5.74, 6) is 1.96. The highest BCUT2D eigenvalue weighted by molar-refractivity contribution is 5.94. The molecule has 5 nitrogen and oxygen atoms in total. The Balaban J connectivity index is 1.53. The molecule has 1 aliphatic rings. The zero-order valence-electron chi connectivity index (χ0n) is 16.4.